The van der Waals surface area contributed by atoms with Gasteiger partial charge in [0.2, 0.25) is 0 Å². The summed E-state index contributed by atoms with van der Waals surface area (Å²) in [6.45, 7) is 4.20. The van der Waals surface area contributed by atoms with Crippen LogP contribution in [0.15, 0.2) is 73.6 Å². The summed E-state index contributed by atoms with van der Waals surface area (Å²) in [5.41, 5.74) is 15.9. The lowest BCUT2D eigenvalue weighted by Gasteiger charge is -2.45. The molecular formula is C42H54ClN12O5+. The number of imidazole rings is 2. The van der Waals surface area contributed by atoms with Gasteiger partial charge in [0.15, 0.2) is 35.7 Å². The number of aromatic nitrogens is 6. The molecule has 6 rings (SSSR count). The normalized spacial score (nSPS) is 14.6. The number of halogens is 1. The highest BCUT2D eigenvalue weighted by Gasteiger charge is 2.35. The molecule has 0 radical (unpaired) electrons. The van der Waals surface area contributed by atoms with Crippen molar-refractivity contribution in [1.29, 1.82) is 0 Å². The Morgan fingerprint density at radius 1 is 0.783 bits per heavy atom. The van der Waals surface area contributed by atoms with Gasteiger partial charge in [0.25, 0.3) is 17.7 Å². The number of hydrogen-bond acceptors (Lipinski definition) is 11. The van der Waals surface area contributed by atoms with Gasteiger partial charge in [0, 0.05) is 39.3 Å². The number of anilines is 2. The van der Waals surface area contributed by atoms with Gasteiger partial charge >= 0.3 is 0 Å². The monoisotopic (exact) mass is 841 g/mol. The molecule has 2 aromatic carbocycles. The van der Waals surface area contributed by atoms with E-state index in [2.05, 4.69) is 35.9 Å². The second-order valence-corrected chi connectivity index (χ2v) is 15.6. The van der Waals surface area contributed by atoms with Gasteiger partial charge in [-0.05, 0) is 61.1 Å². The first kappa shape index (κ1) is 43.4. The van der Waals surface area contributed by atoms with Crippen LogP contribution in [0.3, 0.4) is 0 Å². The van der Waals surface area contributed by atoms with Crippen LogP contribution in [0.1, 0.15) is 58.7 Å². The zero-order valence-electron chi connectivity index (χ0n) is 34.1. The fraction of sp³-hybridized carbons (Fsp3) is 0.405. The van der Waals surface area contributed by atoms with Gasteiger partial charge in [0.05, 0.1) is 69.4 Å². The second-order valence-electron chi connectivity index (χ2n) is 15.3. The minimum Gasteiger partial charge on any atom is -0.484 e. The minimum atomic E-state index is -0.423. The Hall–Kier alpha value is -6.20. The minimum absolute atomic E-state index is 0.0246. The van der Waals surface area contributed by atoms with Crippen LogP contribution in [-0.2, 0) is 49.6 Å². The maximum absolute atomic E-state index is 13.3. The fourth-order valence-corrected chi connectivity index (χ4v) is 7.58. The number of piperidine rings is 1. The summed E-state index contributed by atoms with van der Waals surface area (Å²) >= 11 is 6.08. The van der Waals surface area contributed by atoms with Crippen LogP contribution < -0.4 is 36.9 Å². The van der Waals surface area contributed by atoms with Crippen molar-refractivity contribution in [3.05, 3.63) is 107 Å². The molecule has 1 unspecified atom stereocenters. The van der Waals surface area contributed by atoms with E-state index in [9.17, 15) is 14.4 Å². The lowest BCUT2D eigenvalue weighted by molar-refractivity contribution is -0.933. The first-order valence-electron chi connectivity index (χ1n) is 20.1. The van der Waals surface area contributed by atoms with Crippen molar-refractivity contribution >= 4 is 41.0 Å². The zero-order chi connectivity index (χ0) is 42.5. The largest absolute Gasteiger partial charge is 0.484 e. The number of carbonyl (C=O) groups is 3. The van der Waals surface area contributed by atoms with E-state index in [1.165, 1.54) is 11.1 Å². The van der Waals surface area contributed by atoms with Gasteiger partial charge in [-0.2, -0.15) is 0 Å². The molecule has 1 atom stereocenters. The average molecular weight is 842 g/mol. The molecule has 60 heavy (non-hydrogen) atoms. The van der Waals surface area contributed by atoms with E-state index in [0.29, 0.717) is 24.6 Å². The van der Waals surface area contributed by atoms with Crippen molar-refractivity contribution in [2.24, 2.45) is 14.1 Å². The lowest BCUT2D eigenvalue weighted by atomic mass is 9.99. The number of quaternary nitrogens is 1. The van der Waals surface area contributed by atoms with E-state index in [1.807, 2.05) is 71.8 Å². The van der Waals surface area contributed by atoms with Gasteiger partial charge < -0.3 is 50.5 Å². The first-order valence-corrected chi connectivity index (χ1v) is 20.4. The molecule has 0 spiro atoms. The Morgan fingerprint density at radius 2 is 1.30 bits per heavy atom. The standard InChI is InChI=1S/C42H53ClN12O5/c1-53-27-46-20-32(53)22-48-36(56)25-59-34-13-9-29(10-14-34)6-3-17-55(19-5-8-31(24-55)50-42(58)38-40(44)52-41(45)39(43)51-38)18-4-7-30-11-15-35(16-12-30)60-26-37(57)49-23-33-21-47-28-54(33)2/h9-16,20-21,27-28,31H,3-8,17-19,22-26H2,1-2H3,(H6-,44,45,48,49,50,52,56,57,58)/p+1. The van der Waals surface area contributed by atoms with E-state index in [0.717, 1.165) is 80.6 Å². The third kappa shape index (κ3) is 12.4. The van der Waals surface area contributed by atoms with Gasteiger partial charge in [0.1, 0.15) is 11.5 Å². The molecule has 0 aliphatic carbocycles. The number of benzene rings is 2. The molecule has 3 amide bonds. The van der Waals surface area contributed by atoms with Gasteiger partial charge in [-0.3, -0.25) is 14.4 Å². The van der Waals surface area contributed by atoms with Crippen LogP contribution in [0.4, 0.5) is 11.6 Å². The van der Waals surface area contributed by atoms with Crippen LogP contribution >= 0.6 is 11.6 Å². The first-order chi connectivity index (χ1) is 28.9. The number of amides is 3. The van der Waals surface area contributed by atoms with Crippen molar-refractivity contribution in [3.63, 3.8) is 0 Å². The molecule has 5 aromatic rings. The number of likely N-dealkylation sites (tertiary alicyclic amines) is 1. The predicted molar refractivity (Wildman–Crippen MR) is 227 cm³/mol. The predicted octanol–water partition coefficient (Wildman–Crippen LogP) is 3.13. The van der Waals surface area contributed by atoms with Gasteiger partial charge in [-0.1, -0.05) is 35.9 Å². The molecule has 318 valence electrons. The average Bonchev–Trinajstić information content (AvgIpc) is 3.86. The van der Waals surface area contributed by atoms with E-state index >= 15 is 0 Å². The highest BCUT2D eigenvalue weighted by molar-refractivity contribution is 6.31. The van der Waals surface area contributed by atoms with Crippen molar-refractivity contribution < 1.29 is 28.3 Å². The van der Waals surface area contributed by atoms with Crippen LogP contribution in [0.5, 0.6) is 11.5 Å². The van der Waals surface area contributed by atoms with E-state index in [4.69, 9.17) is 32.5 Å². The molecular weight excluding hydrogens is 788 g/mol. The molecule has 1 aliphatic rings. The molecule has 3 aromatic heterocycles. The number of nitrogens with zero attached hydrogens (tertiary/aromatic N) is 7. The number of nitrogens with one attached hydrogen (secondary N) is 3. The van der Waals surface area contributed by atoms with E-state index in [1.54, 1.807) is 25.0 Å². The summed E-state index contributed by atoms with van der Waals surface area (Å²) in [6, 6.07) is 15.6. The van der Waals surface area contributed by atoms with Crippen LogP contribution in [0, 0.1) is 0 Å². The smallest absolute Gasteiger partial charge is 0.274 e. The number of rotatable bonds is 20. The fourth-order valence-electron chi connectivity index (χ4n) is 7.45. The summed E-state index contributed by atoms with van der Waals surface area (Å²) in [7, 11) is 3.76. The second kappa shape index (κ2) is 20.7. The Morgan fingerprint density at radius 3 is 1.78 bits per heavy atom. The van der Waals surface area contributed by atoms with E-state index < -0.39 is 5.91 Å². The molecule has 17 nitrogen and oxygen atoms in total. The third-order valence-electron chi connectivity index (χ3n) is 10.8. The Labute approximate surface area is 354 Å². The number of nitrogen functional groups attached to an aromatic ring is 2. The molecule has 1 fully saturated rings. The van der Waals surface area contributed by atoms with Crippen molar-refractivity contribution in [2.45, 2.75) is 57.7 Å². The number of carbonyl (C=O) groups excluding carboxylic acids is 3. The van der Waals surface area contributed by atoms with Gasteiger partial charge in [-0.15, -0.1) is 0 Å². The van der Waals surface area contributed by atoms with Crippen molar-refractivity contribution in [2.75, 3.05) is 50.9 Å². The summed E-state index contributed by atoms with van der Waals surface area (Å²) < 4.78 is 16.0. The Bertz CT molecular complexity index is 2100. The van der Waals surface area contributed by atoms with Crippen LogP contribution in [-0.4, -0.2) is 96.7 Å². The molecule has 0 bridgehead atoms. The summed E-state index contributed by atoms with van der Waals surface area (Å²) in [4.78, 5) is 54.2. The molecule has 18 heteroatoms. The number of aryl methyl sites for hydroxylation is 4. The molecule has 1 saturated heterocycles. The number of hydrogen-bond donors (Lipinski definition) is 5. The molecule has 4 heterocycles. The third-order valence-corrected chi connectivity index (χ3v) is 11.1. The quantitative estimate of drug-likeness (QED) is 0.0717. The highest BCUT2D eigenvalue weighted by Crippen LogP contribution is 2.25. The SMILES string of the molecule is Cn1cncc1CNC(=O)COc1ccc(CCC[N+]2(CCCc3ccc(OCC(=O)NCc4cncn4C)cc3)CCCC(NC(=O)c3nc(Cl)c(N)nc3N)C2)cc1. The summed E-state index contributed by atoms with van der Waals surface area (Å²) in [5.74, 6) is 0.326. The number of ether oxygens (including phenoxy) is 2. The Kier molecular flexibility index (Phi) is 14.9. The maximum atomic E-state index is 13.3. The molecule has 1 aliphatic heterocycles. The van der Waals surface area contributed by atoms with Crippen LogP contribution in [0.25, 0.3) is 0 Å². The number of nitrogens with two attached hydrogens (primary N) is 2. The topological polar surface area (TPSA) is 219 Å². The zero-order valence-corrected chi connectivity index (χ0v) is 34.9. The van der Waals surface area contributed by atoms with E-state index in [-0.39, 0.29) is 53.6 Å². The van der Waals surface area contributed by atoms with Gasteiger partial charge in [-0.25, -0.2) is 19.9 Å². The molecule has 7 N–H and O–H groups in total. The Balaban J connectivity index is 1.01. The summed E-state index contributed by atoms with van der Waals surface area (Å²) in [6.07, 6.45) is 12.2. The summed E-state index contributed by atoms with van der Waals surface area (Å²) in [5, 5.41) is 8.79. The van der Waals surface area contributed by atoms with Crippen molar-refractivity contribution in [1.82, 2.24) is 45.0 Å². The molecule has 0 saturated carbocycles. The highest BCUT2D eigenvalue weighted by atomic mass is 35.5. The van der Waals surface area contributed by atoms with Crippen molar-refractivity contribution in [3.8, 4) is 11.5 Å². The maximum Gasteiger partial charge on any atom is 0.274 e. The lowest BCUT2D eigenvalue weighted by Crippen LogP contribution is -2.60. The van der Waals surface area contributed by atoms with Crippen LogP contribution in [0.2, 0.25) is 5.15 Å².